The van der Waals surface area contributed by atoms with E-state index in [4.69, 9.17) is 4.74 Å². The van der Waals surface area contributed by atoms with Gasteiger partial charge in [0.05, 0.1) is 17.6 Å². The van der Waals surface area contributed by atoms with Crippen molar-refractivity contribution in [2.75, 3.05) is 7.11 Å². The zero-order chi connectivity index (χ0) is 12.4. The highest BCUT2D eigenvalue weighted by atomic mass is 32.1. The van der Waals surface area contributed by atoms with Crippen molar-refractivity contribution in [3.8, 4) is 5.75 Å². The van der Waals surface area contributed by atoms with E-state index in [1.165, 1.54) is 11.3 Å². The number of ether oxygens (including phenoxy) is 1. The molecule has 2 rings (SSSR count). The van der Waals surface area contributed by atoms with E-state index in [0.717, 1.165) is 16.0 Å². The lowest BCUT2D eigenvalue weighted by Gasteiger charge is -2.12. The molecule has 0 aliphatic rings. The molecule has 3 heteroatoms. The molecule has 17 heavy (non-hydrogen) atoms. The zero-order valence-corrected chi connectivity index (χ0v) is 10.9. The maximum atomic E-state index is 12.3. The molecule has 0 saturated carbocycles. The van der Waals surface area contributed by atoms with Crippen LogP contribution in [0.4, 0.5) is 0 Å². The van der Waals surface area contributed by atoms with Crippen LogP contribution >= 0.6 is 11.3 Å². The predicted molar refractivity (Wildman–Crippen MR) is 70.2 cm³/mol. The molecule has 0 aliphatic carbocycles. The fourth-order valence-electron chi connectivity index (χ4n) is 1.77. The van der Waals surface area contributed by atoms with Gasteiger partial charge < -0.3 is 4.74 Å². The van der Waals surface area contributed by atoms with Crippen LogP contribution in [0.1, 0.15) is 26.4 Å². The lowest BCUT2D eigenvalue weighted by atomic mass is 10.0. The molecular weight excluding hydrogens is 232 g/mol. The average molecular weight is 246 g/mol. The molecule has 88 valence electrons. The van der Waals surface area contributed by atoms with Gasteiger partial charge in [-0.05, 0) is 42.5 Å². The number of methoxy groups -OCH3 is 1. The fraction of sp³-hybridized carbons (Fsp3) is 0.214. The lowest BCUT2D eigenvalue weighted by molar-refractivity contribution is 0.103. The Hall–Kier alpha value is -1.61. The summed E-state index contributed by atoms with van der Waals surface area (Å²) in [4.78, 5) is 13.0. The predicted octanol–water partition coefficient (Wildman–Crippen LogP) is 3.60. The highest BCUT2D eigenvalue weighted by molar-refractivity contribution is 7.12. The molecule has 0 N–H and O–H groups in total. The van der Waals surface area contributed by atoms with E-state index in [-0.39, 0.29) is 5.78 Å². The minimum Gasteiger partial charge on any atom is -0.496 e. The third-order valence-electron chi connectivity index (χ3n) is 2.87. The number of hydrogen-bond acceptors (Lipinski definition) is 3. The van der Waals surface area contributed by atoms with Gasteiger partial charge in [-0.25, -0.2) is 0 Å². The molecule has 0 unspecified atom stereocenters. The van der Waals surface area contributed by atoms with Gasteiger partial charge in [0, 0.05) is 0 Å². The number of benzene rings is 1. The Morgan fingerprint density at radius 1 is 1.24 bits per heavy atom. The van der Waals surface area contributed by atoms with E-state index >= 15 is 0 Å². The largest absolute Gasteiger partial charge is 0.496 e. The SMILES string of the molecule is COc1c(C(=O)c2cccs2)ccc(C)c1C. The topological polar surface area (TPSA) is 26.3 Å². The monoisotopic (exact) mass is 246 g/mol. The van der Waals surface area contributed by atoms with Gasteiger partial charge in [0.25, 0.3) is 0 Å². The van der Waals surface area contributed by atoms with E-state index in [1.54, 1.807) is 7.11 Å². The van der Waals surface area contributed by atoms with E-state index in [1.807, 2.05) is 43.5 Å². The third-order valence-corrected chi connectivity index (χ3v) is 3.74. The molecule has 0 amide bonds. The van der Waals surface area contributed by atoms with Crippen LogP contribution in [-0.4, -0.2) is 12.9 Å². The second-order valence-corrected chi connectivity index (χ2v) is 4.84. The molecule has 0 atom stereocenters. The Balaban J connectivity index is 2.53. The highest BCUT2D eigenvalue weighted by Gasteiger charge is 2.17. The van der Waals surface area contributed by atoms with E-state index in [9.17, 15) is 4.79 Å². The van der Waals surface area contributed by atoms with Crippen molar-refractivity contribution in [3.63, 3.8) is 0 Å². The van der Waals surface area contributed by atoms with Gasteiger partial charge in [0.1, 0.15) is 5.75 Å². The van der Waals surface area contributed by atoms with E-state index in [0.29, 0.717) is 11.3 Å². The van der Waals surface area contributed by atoms with Crippen molar-refractivity contribution in [1.29, 1.82) is 0 Å². The number of rotatable bonds is 3. The zero-order valence-electron chi connectivity index (χ0n) is 10.1. The number of aryl methyl sites for hydroxylation is 1. The second kappa shape index (κ2) is 4.72. The number of carbonyl (C=O) groups excluding carboxylic acids is 1. The van der Waals surface area contributed by atoms with Crippen molar-refractivity contribution in [3.05, 3.63) is 51.2 Å². The van der Waals surface area contributed by atoms with Crippen molar-refractivity contribution < 1.29 is 9.53 Å². The number of hydrogen-bond donors (Lipinski definition) is 0. The standard InChI is InChI=1S/C14H14O2S/c1-9-6-7-11(14(16-3)10(9)2)13(15)12-5-4-8-17-12/h4-8H,1-3H3. The maximum absolute atomic E-state index is 12.3. The summed E-state index contributed by atoms with van der Waals surface area (Å²) < 4.78 is 5.36. The summed E-state index contributed by atoms with van der Waals surface area (Å²) in [5, 5.41) is 1.90. The van der Waals surface area contributed by atoms with Crippen LogP contribution < -0.4 is 4.74 Å². The van der Waals surface area contributed by atoms with Crippen molar-refractivity contribution in [1.82, 2.24) is 0 Å². The molecule has 0 aliphatic heterocycles. The van der Waals surface area contributed by atoms with Gasteiger partial charge in [0.15, 0.2) is 0 Å². The van der Waals surface area contributed by atoms with Crippen LogP contribution in [0.3, 0.4) is 0 Å². The van der Waals surface area contributed by atoms with Crippen molar-refractivity contribution in [2.45, 2.75) is 13.8 Å². The van der Waals surface area contributed by atoms with Crippen LogP contribution in [0, 0.1) is 13.8 Å². The number of ketones is 1. The first-order valence-corrected chi connectivity index (χ1v) is 6.25. The van der Waals surface area contributed by atoms with Crippen molar-refractivity contribution in [2.24, 2.45) is 0 Å². The Morgan fingerprint density at radius 2 is 2.00 bits per heavy atom. The number of thiophene rings is 1. The minimum atomic E-state index is 0.0277. The second-order valence-electron chi connectivity index (χ2n) is 3.89. The first-order chi connectivity index (χ1) is 8.15. The lowest BCUT2D eigenvalue weighted by Crippen LogP contribution is -2.04. The molecular formula is C14H14O2S. The Kier molecular flexibility index (Phi) is 3.29. The Bertz CT molecular complexity index is 542. The van der Waals surface area contributed by atoms with Crippen LogP contribution in [0.2, 0.25) is 0 Å². The molecule has 2 nitrogen and oxygen atoms in total. The molecule has 1 heterocycles. The minimum absolute atomic E-state index is 0.0277. The van der Waals surface area contributed by atoms with Gasteiger partial charge in [0.2, 0.25) is 5.78 Å². The van der Waals surface area contributed by atoms with E-state index < -0.39 is 0 Å². The summed E-state index contributed by atoms with van der Waals surface area (Å²) in [6.07, 6.45) is 0. The summed E-state index contributed by atoms with van der Waals surface area (Å²) in [7, 11) is 1.60. The smallest absolute Gasteiger partial charge is 0.206 e. The fourth-order valence-corrected chi connectivity index (χ4v) is 2.45. The third kappa shape index (κ3) is 2.11. The van der Waals surface area contributed by atoms with Crippen LogP contribution in [0.5, 0.6) is 5.75 Å². The molecule has 0 fully saturated rings. The summed E-state index contributed by atoms with van der Waals surface area (Å²) >= 11 is 1.45. The normalized spacial score (nSPS) is 10.3. The molecule has 0 spiro atoms. The molecule has 2 aromatic rings. The van der Waals surface area contributed by atoms with Crippen LogP contribution in [-0.2, 0) is 0 Å². The van der Waals surface area contributed by atoms with Gasteiger partial charge >= 0.3 is 0 Å². The van der Waals surface area contributed by atoms with Crippen LogP contribution in [0.25, 0.3) is 0 Å². The summed E-state index contributed by atoms with van der Waals surface area (Å²) in [5.41, 5.74) is 2.79. The quantitative estimate of drug-likeness (QED) is 0.773. The summed E-state index contributed by atoms with van der Waals surface area (Å²) in [6.45, 7) is 3.98. The first-order valence-electron chi connectivity index (χ1n) is 5.37. The van der Waals surface area contributed by atoms with Gasteiger partial charge in [-0.2, -0.15) is 0 Å². The average Bonchev–Trinajstić information content (AvgIpc) is 2.85. The molecule has 0 radical (unpaired) electrons. The molecule has 0 saturated heterocycles. The van der Waals surface area contributed by atoms with E-state index in [2.05, 4.69) is 0 Å². The van der Waals surface area contributed by atoms with Crippen molar-refractivity contribution >= 4 is 17.1 Å². The van der Waals surface area contributed by atoms with Crippen LogP contribution in [0.15, 0.2) is 29.6 Å². The first kappa shape index (κ1) is 11.9. The highest BCUT2D eigenvalue weighted by Crippen LogP contribution is 2.29. The Morgan fingerprint density at radius 3 is 2.59 bits per heavy atom. The van der Waals surface area contributed by atoms with Gasteiger partial charge in [-0.15, -0.1) is 11.3 Å². The van der Waals surface area contributed by atoms with Gasteiger partial charge in [-0.3, -0.25) is 4.79 Å². The molecule has 1 aromatic heterocycles. The maximum Gasteiger partial charge on any atom is 0.206 e. The summed E-state index contributed by atoms with van der Waals surface area (Å²) in [5.74, 6) is 0.711. The van der Waals surface area contributed by atoms with Gasteiger partial charge in [-0.1, -0.05) is 12.1 Å². The molecule has 1 aromatic carbocycles. The summed E-state index contributed by atoms with van der Waals surface area (Å²) in [6, 6.07) is 7.51. The number of carbonyl (C=O) groups is 1. The Labute approximate surface area is 105 Å². The molecule has 0 bridgehead atoms.